The summed E-state index contributed by atoms with van der Waals surface area (Å²) in [5.74, 6) is -2.65. The van der Waals surface area contributed by atoms with Crippen LogP contribution in [0.1, 0.15) is 24.8 Å². The van der Waals surface area contributed by atoms with Gasteiger partial charge in [0.15, 0.2) is 11.5 Å². The SMILES string of the molecule is C=C(C)C(=O)OC(C)C(=O)OC(=O)C(Cl)c1ccccc1. The molecule has 112 valence electrons. The molecule has 0 saturated carbocycles. The van der Waals surface area contributed by atoms with E-state index in [0.29, 0.717) is 5.56 Å². The van der Waals surface area contributed by atoms with Gasteiger partial charge in [0.05, 0.1) is 0 Å². The highest BCUT2D eigenvalue weighted by molar-refractivity contribution is 6.30. The highest BCUT2D eigenvalue weighted by Crippen LogP contribution is 2.21. The van der Waals surface area contributed by atoms with Crippen LogP contribution >= 0.6 is 11.6 Å². The van der Waals surface area contributed by atoms with Crippen LogP contribution in [0.2, 0.25) is 0 Å². The second-order valence-electron chi connectivity index (χ2n) is 4.34. The molecule has 21 heavy (non-hydrogen) atoms. The number of esters is 3. The molecule has 2 unspecified atom stereocenters. The molecule has 0 aliphatic rings. The van der Waals surface area contributed by atoms with Gasteiger partial charge in [0.2, 0.25) is 0 Å². The van der Waals surface area contributed by atoms with Gasteiger partial charge in [-0.1, -0.05) is 36.9 Å². The molecule has 0 aliphatic carbocycles. The van der Waals surface area contributed by atoms with Crippen LogP contribution in [0.25, 0.3) is 0 Å². The van der Waals surface area contributed by atoms with E-state index in [1.165, 1.54) is 13.8 Å². The van der Waals surface area contributed by atoms with Crippen LogP contribution in [0, 0.1) is 0 Å². The molecule has 0 heterocycles. The molecule has 0 spiro atoms. The Kier molecular flexibility index (Phi) is 6.11. The predicted molar refractivity (Wildman–Crippen MR) is 76.5 cm³/mol. The van der Waals surface area contributed by atoms with E-state index in [0.717, 1.165) is 0 Å². The molecule has 0 radical (unpaired) electrons. The average molecular weight is 311 g/mol. The van der Waals surface area contributed by atoms with Gasteiger partial charge in [0.1, 0.15) is 0 Å². The number of alkyl halides is 1. The zero-order chi connectivity index (χ0) is 16.0. The highest BCUT2D eigenvalue weighted by atomic mass is 35.5. The molecule has 0 N–H and O–H groups in total. The fraction of sp³-hybridized carbons (Fsp3) is 0.267. The fourth-order valence-corrected chi connectivity index (χ4v) is 1.49. The Balaban J connectivity index is 2.60. The molecular formula is C15H15ClO5. The van der Waals surface area contributed by atoms with E-state index in [-0.39, 0.29) is 5.57 Å². The summed E-state index contributed by atoms with van der Waals surface area (Å²) in [6.07, 6.45) is -1.22. The zero-order valence-electron chi connectivity index (χ0n) is 11.7. The minimum Gasteiger partial charge on any atom is -0.447 e. The number of benzene rings is 1. The van der Waals surface area contributed by atoms with Gasteiger partial charge in [0, 0.05) is 5.57 Å². The molecule has 2 atom stereocenters. The van der Waals surface area contributed by atoms with Crippen molar-refractivity contribution in [3.8, 4) is 0 Å². The molecule has 0 saturated heterocycles. The molecule has 1 aromatic rings. The molecule has 5 nitrogen and oxygen atoms in total. The minimum absolute atomic E-state index is 0.139. The first kappa shape index (κ1) is 16.9. The van der Waals surface area contributed by atoms with E-state index >= 15 is 0 Å². The van der Waals surface area contributed by atoms with Crippen LogP contribution in [0.5, 0.6) is 0 Å². The molecule has 0 aliphatic heterocycles. The lowest BCUT2D eigenvalue weighted by Gasteiger charge is -2.13. The number of hydrogen-bond donors (Lipinski definition) is 0. The van der Waals surface area contributed by atoms with Gasteiger partial charge >= 0.3 is 17.9 Å². The summed E-state index contributed by atoms with van der Waals surface area (Å²) < 4.78 is 9.34. The van der Waals surface area contributed by atoms with Crippen LogP contribution in [0.15, 0.2) is 42.5 Å². The van der Waals surface area contributed by atoms with Crippen molar-refractivity contribution in [2.75, 3.05) is 0 Å². The molecular weight excluding hydrogens is 296 g/mol. The van der Waals surface area contributed by atoms with E-state index in [1.54, 1.807) is 30.3 Å². The van der Waals surface area contributed by atoms with Gasteiger partial charge < -0.3 is 9.47 Å². The number of ether oxygens (including phenoxy) is 2. The minimum atomic E-state index is -1.22. The maximum Gasteiger partial charge on any atom is 0.354 e. The van der Waals surface area contributed by atoms with Gasteiger partial charge in [-0.2, -0.15) is 0 Å². The normalized spacial score (nSPS) is 12.9. The van der Waals surface area contributed by atoms with Crippen molar-refractivity contribution in [1.82, 2.24) is 0 Å². The lowest BCUT2D eigenvalue weighted by Crippen LogP contribution is -2.29. The molecule has 1 rings (SSSR count). The van der Waals surface area contributed by atoms with Crippen LogP contribution in [-0.4, -0.2) is 24.0 Å². The molecule has 1 aromatic carbocycles. The highest BCUT2D eigenvalue weighted by Gasteiger charge is 2.27. The zero-order valence-corrected chi connectivity index (χ0v) is 12.4. The van der Waals surface area contributed by atoms with Crippen molar-refractivity contribution in [3.63, 3.8) is 0 Å². The summed E-state index contributed by atoms with van der Waals surface area (Å²) in [5, 5.41) is -1.11. The molecule has 0 amide bonds. The Morgan fingerprint density at radius 1 is 1.14 bits per heavy atom. The number of rotatable bonds is 5. The van der Waals surface area contributed by atoms with E-state index < -0.39 is 29.4 Å². The number of hydrogen-bond acceptors (Lipinski definition) is 5. The number of carbonyl (C=O) groups is 3. The van der Waals surface area contributed by atoms with Crippen molar-refractivity contribution in [3.05, 3.63) is 48.0 Å². The van der Waals surface area contributed by atoms with Crippen LogP contribution in [0.3, 0.4) is 0 Å². The second-order valence-corrected chi connectivity index (χ2v) is 4.78. The van der Waals surface area contributed by atoms with Crippen molar-refractivity contribution < 1.29 is 23.9 Å². The summed E-state index contributed by atoms with van der Waals surface area (Å²) in [7, 11) is 0. The first-order valence-electron chi connectivity index (χ1n) is 6.14. The Bertz CT molecular complexity index is 552. The quantitative estimate of drug-likeness (QED) is 0.362. The summed E-state index contributed by atoms with van der Waals surface area (Å²) >= 11 is 5.91. The smallest absolute Gasteiger partial charge is 0.354 e. The maximum atomic E-state index is 11.7. The van der Waals surface area contributed by atoms with Crippen LogP contribution in [0.4, 0.5) is 0 Å². The summed E-state index contributed by atoms with van der Waals surface area (Å²) in [4.78, 5) is 34.6. The van der Waals surface area contributed by atoms with E-state index in [1.807, 2.05) is 0 Å². The topological polar surface area (TPSA) is 69.7 Å². The van der Waals surface area contributed by atoms with Gasteiger partial charge in [-0.3, -0.25) is 0 Å². The summed E-state index contributed by atoms with van der Waals surface area (Å²) in [6, 6.07) is 8.44. The third-order valence-corrected chi connectivity index (χ3v) is 2.89. The Morgan fingerprint density at radius 2 is 1.71 bits per heavy atom. The van der Waals surface area contributed by atoms with Gasteiger partial charge in [-0.15, -0.1) is 11.6 Å². The van der Waals surface area contributed by atoms with Crippen LogP contribution < -0.4 is 0 Å². The second kappa shape index (κ2) is 7.59. The molecule has 0 bridgehead atoms. The third kappa shape index (κ3) is 5.04. The monoisotopic (exact) mass is 310 g/mol. The maximum absolute atomic E-state index is 11.7. The number of halogens is 1. The average Bonchev–Trinajstić information content (AvgIpc) is 2.46. The van der Waals surface area contributed by atoms with Crippen molar-refractivity contribution in [1.29, 1.82) is 0 Å². The molecule has 0 fully saturated rings. The van der Waals surface area contributed by atoms with Gasteiger partial charge in [0.25, 0.3) is 0 Å². The van der Waals surface area contributed by atoms with Gasteiger partial charge in [-0.05, 0) is 19.4 Å². The van der Waals surface area contributed by atoms with Crippen molar-refractivity contribution in [2.45, 2.75) is 25.3 Å². The third-order valence-electron chi connectivity index (χ3n) is 2.46. The van der Waals surface area contributed by atoms with Crippen molar-refractivity contribution >= 4 is 29.5 Å². The van der Waals surface area contributed by atoms with E-state index in [4.69, 9.17) is 16.3 Å². The Hall–Kier alpha value is -2.14. The van der Waals surface area contributed by atoms with Gasteiger partial charge in [-0.25, -0.2) is 14.4 Å². The lowest BCUT2D eigenvalue weighted by atomic mass is 10.1. The molecule has 0 aromatic heterocycles. The van der Waals surface area contributed by atoms with Crippen LogP contribution in [-0.2, 0) is 23.9 Å². The lowest BCUT2D eigenvalue weighted by molar-refractivity contribution is -0.171. The van der Waals surface area contributed by atoms with Crippen molar-refractivity contribution in [2.24, 2.45) is 0 Å². The largest absolute Gasteiger partial charge is 0.447 e. The Morgan fingerprint density at radius 3 is 2.24 bits per heavy atom. The number of carbonyl (C=O) groups excluding carboxylic acids is 3. The standard InChI is InChI=1S/C15H15ClO5/c1-9(2)13(17)20-10(3)14(18)21-15(19)12(16)11-7-5-4-6-8-11/h4-8,10,12H,1H2,2-3H3. The van der Waals surface area contributed by atoms with E-state index in [2.05, 4.69) is 11.3 Å². The summed E-state index contributed by atoms with van der Waals surface area (Å²) in [6.45, 7) is 6.12. The molecule has 6 heteroatoms. The Labute approximate surface area is 127 Å². The first-order valence-corrected chi connectivity index (χ1v) is 6.57. The van der Waals surface area contributed by atoms with E-state index in [9.17, 15) is 14.4 Å². The predicted octanol–water partition coefficient (Wildman–Crippen LogP) is 2.54. The summed E-state index contributed by atoms with van der Waals surface area (Å²) in [5.41, 5.74) is 0.643. The first-order chi connectivity index (χ1) is 9.82. The fourth-order valence-electron chi connectivity index (χ4n) is 1.30.